The third-order valence-corrected chi connectivity index (χ3v) is 6.66. The van der Waals surface area contributed by atoms with Crippen LogP contribution < -0.4 is 0 Å². The average molecular weight is 451 g/mol. The van der Waals surface area contributed by atoms with Gasteiger partial charge in [0.2, 0.25) is 0 Å². The zero-order valence-electron chi connectivity index (χ0n) is 17.5. The van der Waals surface area contributed by atoms with Crippen molar-refractivity contribution in [1.29, 1.82) is 0 Å². The Morgan fingerprint density at radius 2 is 1.43 bits per heavy atom. The maximum Gasteiger partial charge on any atom is 0.141 e. The van der Waals surface area contributed by atoms with Crippen molar-refractivity contribution in [2.45, 2.75) is 65.5 Å². The normalized spacial score (nSPS) is 10.8. The van der Waals surface area contributed by atoms with Crippen molar-refractivity contribution in [1.82, 2.24) is 30.4 Å². The van der Waals surface area contributed by atoms with Gasteiger partial charge in [0, 0.05) is 35.6 Å². The molecule has 0 amide bonds. The zero-order valence-corrected chi connectivity index (χ0v) is 20.2. The zero-order chi connectivity index (χ0) is 20.6. The van der Waals surface area contributed by atoms with Crippen LogP contribution in [-0.4, -0.2) is 65.8 Å². The van der Waals surface area contributed by atoms with Gasteiger partial charge in [-0.05, 0) is 12.1 Å². The van der Waals surface area contributed by atoms with E-state index in [1.54, 1.807) is 29.5 Å². The van der Waals surface area contributed by atoms with Gasteiger partial charge in [0.1, 0.15) is 12.8 Å². The van der Waals surface area contributed by atoms with Crippen LogP contribution in [0.5, 0.6) is 0 Å². The number of ether oxygens (including phenoxy) is 2. The Morgan fingerprint density at radius 1 is 0.893 bits per heavy atom. The lowest BCUT2D eigenvalue weighted by molar-refractivity contribution is 0.0772. The molecule has 0 atom stereocenters. The van der Waals surface area contributed by atoms with Gasteiger partial charge in [-0.1, -0.05) is 63.5 Å². The molecule has 0 spiro atoms. The van der Waals surface area contributed by atoms with E-state index in [4.69, 9.17) is 21.1 Å². The van der Waals surface area contributed by atoms with Gasteiger partial charge in [-0.2, -0.15) is 15.4 Å². The highest BCUT2D eigenvalue weighted by Crippen LogP contribution is 2.08. The number of nitrogens with zero attached hydrogens (tertiary/aromatic N) is 5. The SMILES string of the molecule is C.C[Si](C)(C)CCOCCl.C[Si](C)(C)CCOCn1ccnn1.c1cn[nH]n1. The van der Waals surface area contributed by atoms with Crippen molar-refractivity contribution in [3.63, 3.8) is 0 Å². The van der Waals surface area contributed by atoms with Crippen molar-refractivity contribution >= 4 is 27.7 Å². The standard InChI is InChI=1S/C8H17N3OSi.C6H15ClOSi.C2H3N3.CH4/c1-13(2,3)7-6-12-8-11-5-4-9-10-11;1-9(2,3)5-4-8-6-7;1-2-4-5-3-1;/h4-5H,6-8H2,1-3H3;4-6H2,1-3H3;1-2H,(H,3,4,5);1H4. The largest absolute Gasteiger partial charge is 0.366 e. The molecule has 0 aliphatic heterocycles. The van der Waals surface area contributed by atoms with E-state index in [0.717, 1.165) is 13.2 Å². The van der Waals surface area contributed by atoms with Gasteiger partial charge in [-0.25, -0.2) is 4.68 Å². The monoisotopic (exact) mass is 450 g/mol. The Balaban J connectivity index is 0. The van der Waals surface area contributed by atoms with Crippen LogP contribution >= 0.6 is 11.6 Å². The minimum absolute atomic E-state index is 0. The smallest absolute Gasteiger partial charge is 0.141 e. The molecule has 0 aromatic carbocycles. The lowest BCUT2D eigenvalue weighted by atomic mass is 10.8. The van der Waals surface area contributed by atoms with E-state index in [-0.39, 0.29) is 7.43 Å². The molecule has 28 heavy (non-hydrogen) atoms. The predicted octanol–water partition coefficient (Wildman–Crippen LogP) is 4.57. The third-order valence-electron chi connectivity index (χ3n) is 3.10. The van der Waals surface area contributed by atoms with E-state index in [0.29, 0.717) is 12.8 Å². The highest BCUT2D eigenvalue weighted by molar-refractivity contribution is 6.76. The first-order valence-corrected chi connectivity index (χ1v) is 16.9. The molecule has 8 nitrogen and oxygen atoms in total. The summed E-state index contributed by atoms with van der Waals surface area (Å²) >= 11 is 5.32. The van der Waals surface area contributed by atoms with Crippen molar-refractivity contribution in [3.05, 3.63) is 24.8 Å². The summed E-state index contributed by atoms with van der Waals surface area (Å²) < 4.78 is 12.1. The topological polar surface area (TPSA) is 90.7 Å². The first kappa shape index (κ1) is 29.1. The van der Waals surface area contributed by atoms with E-state index in [1.807, 2.05) is 0 Å². The summed E-state index contributed by atoms with van der Waals surface area (Å²) in [4.78, 5) is 0. The molecule has 0 saturated heterocycles. The van der Waals surface area contributed by atoms with E-state index in [9.17, 15) is 0 Å². The Kier molecular flexibility index (Phi) is 17.5. The number of nitrogens with one attached hydrogen (secondary N) is 1. The molecule has 11 heteroatoms. The van der Waals surface area contributed by atoms with E-state index < -0.39 is 16.1 Å². The van der Waals surface area contributed by atoms with E-state index in [1.165, 1.54) is 12.1 Å². The molecule has 2 aromatic rings. The van der Waals surface area contributed by atoms with Crippen molar-refractivity contribution in [2.75, 3.05) is 19.3 Å². The number of hydrogen-bond acceptors (Lipinski definition) is 6. The minimum Gasteiger partial charge on any atom is -0.366 e. The summed E-state index contributed by atoms with van der Waals surface area (Å²) in [5, 5.41) is 16.8. The Hall–Kier alpha value is -1.08. The van der Waals surface area contributed by atoms with Crippen LogP contribution in [0, 0.1) is 0 Å². The highest BCUT2D eigenvalue weighted by Gasteiger charge is 2.12. The van der Waals surface area contributed by atoms with Gasteiger partial charge in [-0.15, -0.1) is 5.10 Å². The van der Waals surface area contributed by atoms with Crippen molar-refractivity contribution < 1.29 is 9.47 Å². The van der Waals surface area contributed by atoms with Gasteiger partial charge in [0.15, 0.2) is 0 Å². The quantitative estimate of drug-likeness (QED) is 0.341. The lowest BCUT2D eigenvalue weighted by Crippen LogP contribution is -2.22. The van der Waals surface area contributed by atoms with Crippen LogP contribution in [-0.2, 0) is 16.2 Å². The van der Waals surface area contributed by atoms with Gasteiger partial charge >= 0.3 is 0 Å². The first-order valence-electron chi connectivity index (χ1n) is 8.99. The molecular weight excluding hydrogens is 412 g/mol. The molecule has 2 rings (SSSR count). The summed E-state index contributed by atoms with van der Waals surface area (Å²) in [7, 11) is -1.83. The molecule has 0 aliphatic rings. The maximum atomic E-state index is 5.45. The number of H-pyrrole nitrogens is 1. The second kappa shape index (κ2) is 16.8. The molecule has 0 unspecified atom stereocenters. The predicted molar refractivity (Wildman–Crippen MR) is 122 cm³/mol. The molecule has 0 fully saturated rings. The summed E-state index contributed by atoms with van der Waals surface area (Å²) in [5.41, 5.74) is 0. The van der Waals surface area contributed by atoms with E-state index >= 15 is 0 Å². The number of hydrogen-bond donors (Lipinski definition) is 1. The molecular formula is C17H39ClN6O2Si2. The molecule has 0 aliphatic carbocycles. The number of rotatable bonds is 9. The number of halogens is 1. The number of alkyl halides is 1. The Bertz CT molecular complexity index is 514. The van der Waals surface area contributed by atoms with Gasteiger partial charge < -0.3 is 9.47 Å². The highest BCUT2D eigenvalue weighted by atomic mass is 35.5. The molecule has 0 bridgehead atoms. The summed E-state index contributed by atoms with van der Waals surface area (Å²) in [6, 6.07) is 2.74. The van der Waals surface area contributed by atoms with Crippen molar-refractivity contribution in [3.8, 4) is 0 Å². The maximum absolute atomic E-state index is 5.45. The Morgan fingerprint density at radius 3 is 1.79 bits per heavy atom. The molecule has 2 heterocycles. The Labute approximate surface area is 177 Å². The third kappa shape index (κ3) is 23.0. The second-order valence-electron chi connectivity index (χ2n) is 8.27. The lowest BCUT2D eigenvalue weighted by Gasteiger charge is -2.14. The molecule has 1 N–H and O–H groups in total. The van der Waals surface area contributed by atoms with Crippen LogP contribution in [0.15, 0.2) is 24.8 Å². The average Bonchev–Trinajstić information content (AvgIpc) is 3.26. The molecule has 164 valence electrons. The first-order chi connectivity index (χ1) is 12.6. The summed E-state index contributed by atoms with van der Waals surface area (Å²) in [6.45, 7) is 16.2. The van der Waals surface area contributed by atoms with Crippen LogP contribution in [0.2, 0.25) is 51.4 Å². The van der Waals surface area contributed by atoms with Gasteiger partial charge in [0.05, 0.1) is 18.6 Å². The van der Waals surface area contributed by atoms with Crippen molar-refractivity contribution in [2.24, 2.45) is 0 Å². The van der Waals surface area contributed by atoms with Gasteiger partial charge in [0.25, 0.3) is 0 Å². The summed E-state index contributed by atoms with van der Waals surface area (Å²) in [6.07, 6.45) is 6.62. The fourth-order valence-electron chi connectivity index (χ4n) is 1.44. The number of aromatic amines is 1. The molecule has 2 aromatic heterocycles. The fraction of sp³-hybridized carbons (Fsp3) is 0.765. The van der Waals surface area contributed by atoms with E-state index in [2.05, 4.69) is 65.0 Å². The number of aromatic nitrogens is 6. The summed E-state index contributed by atoms with van der Waals surface area (Å²) in [5.74, 6) is 0. The van der Waals surface area contributed by atoms with Gasteiger partial charge in [-0.3, -0.25) is 0 Å². The van der Waals surface area contributed by atoms with Crippen LogP contribution in [0.3, 0.4) is 0 Å². The molecule has 0 radical (unpaired) electrons. The minimum atomic E-state index is -0.950. The van der Waals surface area contributed by atoms with Crippen LogP contribution in [0.4, 0.5) is 0 Å². The second-order valence-corrected chi connectivity index (χ2v) is 19.7. The van der Waals surface area contributed by atoms with Crippen LogP contribution in [0.25, 0.3) is 0 Å². The van der Waals surface area contributed by atoms with Crippen LogP contribution in [0.1, 0.15) is 7.43 Å². The molecule has 0 saturated carbocycles. The fourth-order valence-corrected chi connectivity index (χ4v) is 3.06.